The molecule has 3 heterocycles. The molecule has 6 rings (SSSR count). The summed E-state index contributed by atoms with van der Waals surface area (Å²) in [6.45, 7) is 13.0. The van der Waals surface area contributed by atoms with Gasteiger partial charge in [0.2, 0.25) is 11.1 Å². The number of hydrogen-bond acceptors (Lipinski definition) is 6. The van der Waals surface area contributed by atoms with Gasteiger partial charge in [-0.05, 0) is 67.5 Å². The molecule has 1 atom stereocenters. The van der Waals surface area contributed by atoms with Crippen LogP contribution in [0.3, 0.4) is 0 Å². The van der Waals surface area contributed by atoms with Gasteiger partial charge in [-0.3, -0.25) is 9.59 Å². The van der Waals surface area contributed by atoms with E-state index in [4.69, 9.17) is 4.98 Å². The highest BCUT2D eigenvalue weighted by Gasteiger charge is 2.30. The van der Waals surface area contributed by atoms with E-state index in [0.29, 0.717) is 43.3 Å². The zero-order chi connectivity index (χ0) is 33.1. The van der Waals surface area contributed by atoms with Gasteiger partial charge in [-0.2, -0.15) is 0 Å². The van der Waals surface area contributed by atoms with Crippen LogP contribution in [0.25, 0.3) is 22.1 Å². The first-order valence-electron chi connectivity index (χ1n) is 16.6. The Labute approximate surface area is 281 Å². The summed E-state index contributed by atoms with van der Waals surface area (Å²) >= 11 is 1.59. The first-order chi connectivity index (χ1) is 22.6. The quantitative estimate of drug-likeness (QED) is 0.124. The van der Waals surface area contributed by atoms with Gasteiger partial charge >= 0.3 is 0 Å². The number of rotatable bonds is 9. The molecule has 9 heteroatoms. The molecule has 8 nitrogen and oxygen atoms in total. The van der Waals surface area contributed by atoms with E-state index in [1.165, 1.54) is 16.7 Å². The van der Waals surface area contributed by atoms with Crippen LogP contribution in [0, 0.1) is 6.92 Å². The molecule has 0 N–H and O–H groups in total. The van der Waals surface area contributed by atoms with Crippen molar-refractivity contribution in [1.82, 2.24) is 29.5 Å². The zero-order valence-electron chi connectivity index (χ0n) is 28.1. The summed E-state index contributed by atoms with van der Waals surface area (Å²) in [7, 11) is 0. The molecule has 1 saturated heterocycles. The molecule has 1 aliphatic rings. The predicted octanol–water partition coefficient (Wildman–Crippen LogP) is 7.27. The van der Waals surface area contributed by atoms with Crippen LogP contribution in [-0.2, 0) is 16.8 Å². The number of carbonyl (C=O) groups is 2. The number of nitrogens with zero attached hydrogens (tertiary/aromatic N) is 6. The van der Waals surface area contributed by atoms with Crippen molar-refractivity contribution in [3.8, 4) is 0 Å². The largest absolute Gasteiger partial charge is 0.339 e. The van der Waals surface area contributed by atoms with Gasteiger partial charge in [-0.1, -0.05) is 86.6 Å². The van der Waals surface area contributed by atoms with Crippen molar-refractivity contribution in [3.63, 3.8) is 0 Å². The lowest BCUT2D eigenvalue weighted by Crippen LogP contribution is -2.55. The molecule has 1 unspecified atom stereocenters. The Hall–Kier alpha value is -4.24. The van der Waals surface area contributed by atoms with E-state index in [-0.39, 0.29) is 23.3 Å². The van der Waals surface area contributed by atoms with Crippen LogP contribution in [0.15, 0.2) is 78.0 Å². The average molecular weight is 649 g/mol. The molecule has 0 radical (unpaired) electrons. The topological polar surface area (TPSA) is 84.2 Å². The molecule has 0 aliphatic carbocycles. The summed E-state index contributed by atoms with van der Waals surface area (Å²) in [5.74, 6) is 1.00. The average Bonchev–Trinajstić information content (AvgIpc) is 3.35. The second-order valence-corrected chi connectivity index (χ2v) is 14.7. The molecule has 244 valence electrons. The molecule has 2 aromatic heterocycles. The van der Waals surface area contributed by atoms with Gasteiger partial charge in [0.25, 0.3) is 5.91 Å². The van der Waals surface area contributed by atoms with Gasteiger partial charge in [0.05, 0.1) is 5.52 Å². The van der Waals surface area contributed by atoms with Crippen molar-refractivity contribution in [2.24, 2.45) is 0 Å². The summed E-state index contributed by atoms with van der Waals surface area (Å²) in [4.78, 5) is 35.1. The number of carbonyl (C=O) groups excluding carboxylic acids is 2. The van der Waals surface area contributed by atoms with Gasteiger partial charge in [-0.15, -0.1) is 10.2 Å². The second-order valence-electron chi connectivity index (χ2n) is 13.7. The van der Waals surface area contributed by atoms with E-state index in [0.717, 1.165) is 40.7 Å². The number of thioether (sulfide) groups is 1. The lowest BCUT2D eigenvalue weighted by atomic mass is 9.86. The Morgan fingerprint density at radius 1 is 0.936 bits per heavy atom. The van der Waals surface area contributed by atoms with Crippen molar-refractivity contribution in [2.45, 2.75) is 77.0 Å². The van der Waals surface area contributed by atoms with Crippen molar-refractivity contribution < 1.29 is 9.59 Å². The minimum absolute atomic E-state index is 0.0287. The van der Waals surface area contributed by atoms with Crippen LogP contribution in [0.4, 0.5) is 0 Å². The summed E-state index contributed by atoms with van der Waals surface area (Å²) in [5, 5.41) is 10.8. The number of benzene rings is 3. The Morgan fingerprint density at radius 2 is 1.70 bits per heavy atom. The molecule has 0 bridgehead atoms. The van der Waals surface area contributed by atoms with E-state index < -0.39 is 0 Å². The predicted molar refractivity (Wildman–Crippen MR) is 190 cm³/mol. The summed E-state index contributed by atoms with van der Waals surface area (Å²) in [6.07, 6.45) is 2.17. The number of piperazine rings is 1. The molecule has 3 aromatic carbocycles. The van der Waals surface area contributed by atoms with Gasteiger partial charge in [0.15, 0.2) is 5.65 Å². The number of fused-ring (bicyclic) bond motifs is 3. The highest BCUT2D eigenvalue weighted by atomic mass is 32.2. The summed E-state index contributed by atoms with van der Waals surface area (Å²) in [6, 6.07) is 24.7. The van der Waals surface area contributed by atoms with Crippen LogP contribution in [0.5, 0.6) is 0 Å². The Balaban J connectivity index is 1.01. The summed E-state index contributed by atoms with van der Waals surface area (Å²) < 4.78 is 2.23. The third kappa shape index (κ3) is 7.35. The molecule has 1 aliphatic heterocycles. The first kappa shape index (κ1) is 32.7. The zero-order valence-corrected chi connectivity index (χ0v) is 28.9. The maximum atomic E-state index is 13.2. The fourth-order valence-electron chi connectivity index (χ4n) is 6.31. The van der Waals surface area contributed by atoms with Crippen molar-refractivity contribution in [1.29, 1.82) is 0 Å². The number of unbranched alkanes of at least 4 members (excludes halogenated alkanes) is 1. The minimum atomic E-state index is -0.0287. The highest BCUT2D eigenvalue weighted by molar-refractivity contribution is 7.99. The number of aryl methyl sites for hydroxylation is 1. The second kappa shape index (κ2) is 13.9. The normalized spacial score (nSPS) is 15.5. The molecule has 47 heavy (non-hydrogen) atoms. The van der Waals surface area contributed by atoms with Gasteiger partial charge in [0, 0.05) is 55.3 Å². The monoisotopic (exact) mass is 648 g/mol. The molecular formula is C38H44N6O2S. The van der Waals surface area contributed by atoms with Crippen molar-refractivity contribution in [3.05, 3.63) is 95.1 Å². The Bertz CT molecular complexity index is 1880. The standard InChI is InChI=1S/C38H44N6O2S/c1-26-14-19-32-31(23-26)34-35(44(32)25-28-11-7-6-8-12-28)39-37(41-40-34)47-22-10-9-13-33(45)42-20-21-43(27(2)24-42)36(46)29-15-17-30(18-16-29)38(3,4)5/h6-8,11-12,14-19,23,27H,9-10,13,20-22,24-25H2,1-5H3. The fourth-order valence-corrected chi connectivity index (χ4v) is 7.09. The molecule has 5 aromatic rings. The van der Waals surface area contributed by atoms with Crippen molar-refractivity contribution in [2.75, 3.05) is 25.4 Å². The van der Waals surface area contributed by atoms with E-state index in [9.17, 15) is 9.59 Å². The molecule has 0 saturated carbocycles. The van der Waals surface area contributed by atoms with E-state index in [1.807, 2.05) is 47.1 Å². The highest BCUT2D eigenvalue weighted by Crippen LogP contribution is 2.29. The maximum absolute atomic E-state index is 13.2. The first-order valence-corrected chi connectivity index (χ1v) is 17.6. The molecule has 0 spiro atoms. The number of amides is 2. The van der Waals surface area contributed by atoms with Crippen LogP contribution < -0.4 is 0 Å². The lowest BCUT2D eigenvalue weighted by molar-refractivity contribution is -0.133. The van der Waals surface area contributed by atoms with Crippen LogP contribution in [0.2, 0.25) is 0 Å². The van der Waals surface area contributed by atoms with Crippen LogP contribution in [0.1, 0.15) is 74.0 Å². The van der Waals surface area contributed by atoms with Crippen LogP contribution in [-0.4, -0.2) is 72.8 Å². The molecule has 2 amide bonds. The Kier molecular flexibility index (Phi) is 9.64. The molecular weight excluding hydrogens is 605 g/mol. The van der Waals surface area contributed by atoms with Crippen molar-refractivity contribution >= 4 is 45.6 Å². The lowest BCUT2D eigenvalue weighted by Gasteiger charge is -2.40. The third-order valence-electron chi connectivity index (χ3n) is 9.04. The maximum Gasteiger partial charge on any atom is 0.254 e. The number of hydrogen-bond donors (Lipinski definition) is 0. The SMILES string of the molecule is Cc1ccc2c(c1)c1nnc(SCCCCC(=O)N3CCN(C(=O)c4ccc(C(C)(C)C)cc4)C(C)C3)nc1n2Cc1ccccc1. The van der Waals surface area contributed by atoms with E-state index in [2.05, 4.69) is 84.9 Å². The third-order valence-corrected chi connectivity index (χ3v) is 9.97. The van der Waals surface area contributed by atoms with E-state index in [1.54, 1.807) is 11.8 Å². The fraction of sp³-hybridized carbons (Fsp3) is 0.395. The Morgan fingerprint density at radius 3 is 2.43 bits per heavy atom. The smallest absolute Gasteiger partial charge is 0.254 e. The van der Waals surface area contributed by atoms with E-state index >= 15 is 0 Å². The van der Waals surface area contributed by atoms with Gasteiger partial charge in [-0.25, -0.2) is 4.98 Å². The van der Waals surface area contributed by atoms with Gasteiger partial charge < -0.3 is 14.4 Å². The summed E-state index contributed by atoms with van der Waals surface area (Å²) in [5.41, 5.74) is 7.11. The van der Waals surface area contributed by atoms with Crippen LogP contribution >= 0.6 is 11.8 Å². The van der Waals surface area contributed by atoms with Gasteiger partial charge in [0.1, 0.15) is 5.52 Å². The molecule has 1 fully saturated rings. The minimum Gasteiger partial charge on any atom is -0.339 e. The number of aromatic nitrogens is 4.